The van der Waals surface area contributed by atoms with E-state index in [4.69, 9.17) is 0 Å². The van der Waals surface area contributed by atoms with Crippen molar-refractivity contribution in [2.45, 2.75) is 6.54 Å². The Bertz CT molecular complexity index is 1150. The average molecular weight is 391 g/mol. The zero-order valence-corrected chi connectivity index (χ0v) is 14.5. The highest BCUT2D eigenvalue weighted by molar-refractivity contribution is 9.10. The molecule has 6 nitrogen and oxygen atoms in total. The minimum Gasteiger partial charge on any atom is -0.279 e. The summed E-state index contributed by atoms with van der Waals surface area (Å²) in [4.78, 5) is 25.0. The van der Waals surface area contributed by atoms with Crippen LogP contribution in [0.3, 0.4) is 0 Å². The summed E-state index contributed by atoms with van der Waals surface area (Å²) < 4.78 is 5.83. The van der Waals surface area contributed by atoms with Gasteiger partial charge in [-0.1, -0.05) is 28.1 Å². The van der Waals surface area contributed by atoms with E-state index in [-0.39, 0.29) is 11.2 Å². The molecule has 0 aliphatic rings. The molecule has 0 saturated heterocycles. The number of halogens is 1. The number of benzene rings is 1. The van der Waals surface area contributed by atoms with Gasteiger partial charge < -0.3 is 0 Å². The molecule has 0 radical (unpaired) electrons. The number of nitrogens with zero attached hydrogens (tertiary/aromatic N) is 4. The first-order valence-corrected chi connectivity index (χ1v) is 8.54. The van der Waals surface area contributed by atoms with E-state index in [0.29, 0.717) is 22.5 Å². The molecule has 0 unspecified atom stereocenters. The quantitative estimate of drug-likeness (QED) is 0.527. The van der Waals surface area contributed by atoms with Crippen LogP contribution in [-0.4, -0.2) is 18.7 Å². The van der Waals surface area contributed by atoms with Gasteiger partial charge in [0.05, 0.1) is 12.1 Å². The molecule has 0 amide bonds. The van der Waals surface area contributed by atoms with Crippen molar-refractivity contribution in [3.05, 3.63) is 66.6 Å². The van der Waals surface area contributed by atoms with Gasteiger partial charge in [0.1, 0.15) is 4.70 Å². The summed E-state index contributed by atoms with van der Waals surface area (Å²) in [6, 6.07) is 9.48. The third-order valence-electron chi connectivity index (χ3n) is 3.75. The summed E-state index contributed by atoms with van der Waals surface area (Å²) >= 11 is 4.72. The van der Waals surface area contributed by atoms with E-state index in [1.54, 1.807) is 13.1 Å². The number of fused-ring (bicyclic) bond motifs is 3. The zero-order valence-electron chi connectivity index (χ0n) is 12.1. The summed E-state index contributed by atoms with van der Waals surface area (Å²) in [6.45, 7) is 0.355. The molecule has 0 bridgehead atoms. The van der Waals surface area contributed by atoms with Gasteiger partial charge >= 0.3 is 5.69 Å². The summed E-state index contributed by atoms with van der Waals surface area (Å²) in [5, 5.41) is 6.15. The first-order valence-electron chi connectivity index (χ1n) is 6.86. The fourth-order valence-electron chi connectivity index (χ4n) is 2.57. The van der Waals surface area contributed by atoms with Gasteiger partial charge in [-0.15, -0.1) is 16.4 Å². The average Bonchev–Trinajstić information content (AvgIpc) is 3.13. The second-order valence-corrected chi connectivity index (χ2v) is 7.03. The summed E-state index contributed by atoms with van der Waals surface area (Å²) in [7, 11) is 1.63. The number of aryl methyl sites for hydroxylation is 1. The number of rotatable bonds is 2. The van der Waals surface area contributed by atoms with Crippen LogP contribution in [0.5, 0.6) is 0 Å². The second-order valence-electron chi connectivity index (χ2n) is 5.20. The lowest BCUT2D eigenvalue weighted by molar-refractivity contribution is 0.657. The predicted octanol–water partition coefficient (Wildman–Crippen LogP) is 2.22. The van der Waals surface area contributed by atoms with Gasteiger partial charge in [-0.3, -0.25) is 9.36 Å². The van der Waals surface area contributed by atoms with E-state index in [0.717, 1.165) is 10.0 Å². The van der Waals surface area contributed by atoms with Gasteiger partial charge in [0.25, 0.3) is 5.56 Å². The molecular weight excluding hydrogens is 380 g/mol. The minimum atomic E-state index is -0.248. The van der Waals surface area contributed by atoms with Crippen LogP contribution in [0.15, 0.2) is 49.8 Å². The zero-order chi connectivity index (χ0) is 16.1. The van der Waals surface area contributed by atoms with Crippen LogP contribution in [0.25, 0.3) is 16.0 Å². The lowest BCUT2D eigenvalue weighted by Gasteiger charge is -2.00. The molecule has 0 spiro atoms. The van der Waals surface area contributed by atoms with E-state index < -0.39 is 0 Å². The molecule has 0 fully saturated rings. The standard InChI is InChI=1S/C15H11BrN4O2S/c1-18-13(21)12-11(6-7-23-12)20-14(18)17-19(15(20)22)8-9-2-4-10(16)5-3-9/h2-7H,8H2,1H3. The van der Waals surface area contributed by atoms with Crippen LogP contribution in [0, 0.1) is 0 Å². The van der Waals surface area contributed by atoms with Crippen LogP contribution < -0.4 is 11.2 Å². The summed E-state index contributed by atoms with van der Waals surface area (Å²) in [6.07, 6.45) is 0. The molecule has 4 rings (SSSR count). The lowest BCUT2D eigenvalue weighted by atomic mass is 10.2. The molecule has 1 aromatic carbocycles. The highest BCUT2D eigenvalue weighted by atomic mass is 79.9. The van der Waals surface area contributed by atoms with Crippen molar-refractivity contribution in [2.75, 3.05) is 0 Å². The Hall–Kier alpha value is -2.19. The second kappa shape index (κ2) is 5.17. The Kier molecular flexibility index (Phi) is 3.24. The van der Waals surface area contributed by atoms with Crippen molar-refractivity contribution >= 4 is 43.3 Å². The fraction of sp³-hybridized carbons (Fsp3) is 0.133. The Morgan fingerprint density at radius 3 is 2.65 bits per heavy atom. The van der Waals surface area contributed by atoms with Crippen LogP contribution in [0.1, 0.15) is 5.56 Å². The van der Waals surface area contributed by atoms with Crippen LogP contribution >= 0.6 is 27.3 Å². The highest BCUT2D eigenvalue weighted by Crippen LogP contribution is 2.17. The molecular formula is C15H11BrN4O2S. The maximum atomic E-state index is 12.7. The molecule has 8 heteroatoms. The Labute approximate surface area is 142 Å². The van der Waals surface area contributed by atoms with Crippen molar-refractivity contribution < 1.29 is 0 Å². The van der Waals surface area contributed by atoms with Gasteiger partial charge in [-0.05, 0) is 29.1 Å². The first kappa shape index (κ1) is 14.4. The normalized spacial score (nSPS) is 11.6. The highest BCUT2D eigenvalue weighted by Gasteiger charge is 2.16. The van der Waals surface area contributed by atoms with E-state index >= 15 is 0 Å². The molecule has 0 N–H and O–H groups in total. The molecule has 0 aliphatic heterocycles. The van der Waals surface area contributed by atoms with Gasteiger partial charge in [0.15, 0.2) is 0 Å². The maximum Gasteiger partial charge on any atom is 0.352 e. The molecule has 0 saturated carbocycles. The lowest BCUT2D eigenvalue weighted by Crippen LogP contribution is -2.24. The SMILES string of the molecule is Cn1c(=O)c2sccc2n2c(=O)n(Cc3ccc(Br)cc3)nc12. The summed E-state index contributed by atoms with van der Waals surface area (Å²) in [5.41, 5.74) is 1.19. The van der Waals surface area contributed by atoms with Crippen molar-refractivity contribution in [3.8, 4) is 0 Å². The van der Waals surface area contributed by atoms with E-state index in [1.165, 1.54) is 25.0 Å². The summed E-state index contributed by atoms with van der Waals surface area (Å²) in [5.74, 6) is 0.350. The van der Waals surface area contributed by atoms with Gasteiger partial charge in [-0.2, -0.15) is 0 Å². The molecule has 0 atom stereocenters. The third-order valence-corrected chi connectivity index (χ3v) is 5.17. The third kappa shape index (κ3) is 2.17. The molecule has 23 heavy (non-hydrogen) atoms. The molecule has 3 aromatic heterocycles. The van der Waals surface area contributed by atoms with Crippen LogP contribution in [-0.2, 0) is 13.6 Å². The largest absolute Gasteiger partial charge is 0.352 e. The Morgan fingerprint density at radius 1 is 1.17 bits per heavy atom. The predicted molar refractivity (Wildman–Crippen MR) is 93.3 cm³/mol. The number of hydrogen-bond donors (Lipinski definition) is 0. The molecule has 4 aromatic rings. The topological polar surface area (TPSA) is 61.3 Å². The Balaban J connectivity index is 1.97. The number of thiophene rings is 1. The Morgan fingerprint density at radius 2 is 1.91 bits per heavy atom. The molecule has 3 heterocycles. The molecule has 116 valence electrons. The van der Waals surface area contributed by atoms with E-state index in [1.807, 2.05) is 29.6 Å². The van der Waals surface area contributed by atoms with Gasteiger partial charge in [0.2, 0.25) is 5.78 Å². The monoisotopic (exact) mass is 390 g/mol. The van der Waals surface area contributed by atoms with E-state index in [9.17, 15) is 9.59 Å². The minimum absolute atomic E-state index is 0.136. The molecule has 0 aliphatic carbocycles. The number of hydrogen-bond acceptors (Lipinski definition) is 4. The van der Waals surface area contributed by atoms with Gasteiger partial charge in [0, 0.05) is 11.5 Å². The van der Waals surface area contributed by atoms with Crippen molar-refractivity contribution in [3.63, 3.8) is 0 Å². The maximum absolute atomic E-state index is 12.7. The van der Waals surface area contributed by atoms with Crippen LogP contribution in [0.4, 0.5) is 0 Å². The van der Waals surface area contributed by atoms with Crippen molar-refractivity contribution in [2.24, 2.45) is 7.05 Å². The van der Waals surface area contributed by atoms with Crippen molar-refractivity contribution in [1.29, 1.82) is 0 Å². The number of aromatic nitrogens is 4. The smallest absolute Gasteiger partial charge is 0.279 e. The van der Waals surface area contributed by atoms with Crippen molar-refractivity contribution in [1.82, 2.24) is 18.7 Å². The van der Waals surface area contributed by atoms with E-state index in [2.05, 4.69) is 21.0 Å². The van der Waals surface area contributed by atoms with Crippen LogP contribution in [0.2, 0.25) is 0 Å². The first-order chi connectivity index (χ1) is 11.1. The fourth-order valence-corrected chi connectivity index (χ4v) is 3.69. The van der Waals surface area contributed by atoms with Gasteiger partial charge in [-0.25, -0.2) is 13.9 Å².